The average Bonchev–Trinajstić information content (AvgIpc) is 2.35. The minimum absolute atomic E-state index is 0.0926. The Labute approximate surface area is 105 Å². The minimum Gasteiger partial charge on any atom is -0.357 e. The molecule has 5 nitrogen and oxygen atoms in total. The molecule has 96 valence electrons. The Hall–Kier alpha value is 1.52. The molecule has 9 atom stereocenters. The fourth-order valence-electron chi connectivity index (χ4n) is 1.78. The van der Waals surface area contributed by atoms with Gasteiger partial charge in [-0.3, -0.25) is 0 Å². The molecule has 16 heavy (non-hydrogen) atoms. The van der Waals surface area contributed by atoms with Gasteiger partial charge >= 0.3 is 0 Å². The summed E-state index contributed by atoms with van der Waals surface area (Å²) in [4.78, 5) is 0. The van der Waals surface area contributed by atoms with Crippen LogP contribution in [0, 0.1) is 0 Å². The first-order chi connectivity index (χ1) is 7.73. The van der Waals surface area contributed by atoms with Crippen LogP contribution in [0.4, 0.5) is 0 Å². The number of hydrogen-bond acceptors (Lipinski definition) is 5. The SMILES string of the molecule is CCC1OC(OP)C(OP)C(OP)C1OP. The van der Waals surface area contributed by atoms with Gasteiger partial charge in [-0.05, 0) is 6.42 Å². The van der Waals surface area contributed by atoms with Gasteiger partial charge in [0.25, 0.3) is 0 Å². The molecule has 0 aromatic heterocycles. The van der Waals surface area contributed by atoms with Crippen LogP contribution < -0.4 is 0 Å². The van der Waals surface area contributed by atoms with Crippen molar-refractivity contribution in [3.05, 3.63) is 0 Å². The van der Waals surface area contributed by atoms with Crippen LogP contribution in [-0.2, 0) is 22.8 Å². The summed E-state index contributed by atoms with van der Waals surface area (Å²) in [7, 11) is 8.84. The fourth-order valence-corrected chi connectivity index (χ4v) is 2.92. The smallest absolute Gasteiger partial charge is 0.190 e. The van der Waals surface area contributed by atoms with Crippen molar-refractivity contribution in [1.29, 1.82) is 0 Å². The van der Waals surface area contributed by atoms with Crippen molar-refractivity contribution in [3.8, 4) is 0 Å². The van der Waals surface area contributed by atoms with Crippen molar-refractivity contribution in [3.63, 3.8) is 0 Å². The van der Waals surface area contributed by atoms with Crippen molar-refractivity contribution >= 4 is 37.9 Å². The monoisotopic (exact) mass is 306 g/mol. The molecule has 1 aliphatic heterocycles. The molecular formula is C7H18O5P4. The van der Waals surface area contributed by atoms with E-state index in [0.29, 0.717) is 0 Å². The average molecular weight is 306 g/mol. The molecule has 0 radical (unpaired) electrons. The van der Waals surface area contributed by atoms with Crippen LogP contribution in [0.1, 0.15) is 13.3 Å². The molecule has 0 saturated carbocycles. The van der Waals surface area contributed by atoms with E-state index in [4.69, 9.17) is 22.8 Å². The van der Waals surface area contributed by atoms with Gasteiger partial charge in [-0.2, -0.15) is 0 Å². The molecule has 0 spiro atoms. The molecule has 1 fully saturated rings. The van der Waals surface area contributed by atoms with Gasteiger partial charge in [0.2, 0.25) is 0 Å². The highest BCUT2D eigenvalue weighted by molar-refractivity contribution is 7.10. The molecule has 0 amide bonds. The van der Waals surface area contributed by atoms with E-state index in [1.807, 2.05) is 6.92 Å². The first kappa shape index (κ1) is 15.6. The minimum atomic E-state index is -0.491. The zero-order valence-corrected chi connectivity index (χ0v) is 13.6. The molecule has 0 bridgehead atoms. The van der Waals surface area contributed by atoms with Crippen LogP contribution in [0.15, 0.2) is 0 Å². The first-order valence-electron chi connectivity index (χ1n) is 4.81. The highest BCUT2D eigenvalue weighted by Gasteiger charge is 2.46. The standard InChI is InChI=1S/C7H18O5P4/c1-2-3-4(9-13)5(10-14)6(11-15)7(8-3)12-16/h3-7H,2,13-16H2,1H3. The van der Waals surface area contributed by atoms with Crippen LogP contribution in [-0.4, -0.2) is 30.7 Å². The van der Waals surface area contributed by atoms with Gasteiger partial charge in [-0.25, -0.2) is 0 Å². The second-order valence-corrected chi connectivity index (χ2v) is 4.48. The summed E-state index contributed by atoms with van der Waals surface area (Å²) in [5.74, 6) is 0. The summed E-state index contributed by atoms with van der Waals surface area (Å²) < 4.78 is 26.8. The first-order valence-corrected chi connectivity index (χ1v) is 6.69. The molecule has 0 aliphatic carbocycles. The van der Waals surface area contributed by atoms with Crippen LogP contribution in [0.5, 0.6) is 0 Å². The topological polar surface area (TPSA) is 46.2 Å². The van der Waals surface area contributed by atoms with E-state index in [9.17, 15) is 0 Å². The summed E-state index contributed by atoms with van der Waals surface area (Å²) in [5, 5.41) is 0. The van der Waals surface area contributed by atoms with E-state index < -0.39 is 6.29 Å². The third-order valence-electron chi connectivity index (χ3n) is 2.60. The van der Waals surface area contributed by atoms with Gasteiger partial charge < -0.3 is 22.8 Å². The summed E-state index contributed by atoms with van der Waals surface area (Å²) in [6.07, 6.45) is -0.635. The van der Waals surface area contributed by atoms with E-state index >= 15 is 0 Å². The van der Waals surface area contributed by atoms with Crippen molar-refractivity contribution < 1.29 is 22.8 Å². The Kier molecular flexibility index (Phi) is 7.64. The highest BCUT2D eigenvalue weighted by atomic mass is 31.0. The Balaban J connectivity index is 2.85. The molecule has 1 heterocycles. The molecule has 0 aromatic rings. The molecule has 0 aromatic carbocycles. The van der Waals surface area contributed by atoms with Crippen LogP contribution in [0.3, 0.4) is 0 Å². The maximum Gasteiger partial charge on any atom is 0.190 e. The fraction of sp³-hybridized carbons (Fsp3) is 1.00. The van der Waals surface area contributed by atoms with E-state index in [1.165, 1.54) is 0 Å². The molecule has 9 heteroatoms. The van der Waals surface area contributed by atoms with Gasteiger partial charge in [0.15, 0.2) is 6.29 Å². The molecule has 0 N–H and O–H groups in total. The third kappa shape index (κ3) is 3.29. The van der Waals surface area contributed by atoms with Crippen LogP contribution >= 0.6 is 37.9 Å². The lowest BCUT2D eigenvalue weighted by Gasteiger charge is -2.43. The van der Waals surface area contributed by atoms with Crippen LogP contribution in [0.2, 0.25) is 0 Å². The van der Waals surface area contributed by atoms with E-state index in [1.54, 1.807) is 0 Å². The van der Waals surface area contributed by atoms with Crippen molar-refractivity contribution in [2.24, 2.45) is 0 Å². The Morgan fingerprint density at radius 2 is 1.44 bits per heavy atom. The summed E-state index contributed by atoms with van der Waals surface area (Å²) in [5.41, 5.74) is 0. The molecular weight excluding hydrogens is 288 g/mol. The quantitative estimate of drug-likeness (QED) is 0.720. The Morgan fingerprint density at radius 3 is 1.81 bits per heavy atom. The predicted molar refractivity (Wildman–Crippen MR) is 73.5 cm³/mol. The van der Waals surface area contributed by atoms with E-state index in [2.05, 4.69) is 37.9 Å². The van der Waals surface area contributed by atoms with Gasteiger partial charge in [0.1, 0.15) is 18.3 Å². The zero-order valence-electron chi connectivity index (χ0n) is 8.94. The van der Waals surface area contributed by atoms with Crippen molar-refractivity contribution in [2.45, 2.75) is 44.1 Å². The Morgan fingerprint density at radius 1 is 0.875 bits per heavy atom. The number of rotatable bonds is 5. The van der Waals surface area contributed by atoms with Crippen molar-refractivity contribution in [1.82, 2.24) is 0 Å². The van der Waals surface area contributed by atoms with Crippen molar-refractivity contribution in [2.75, 3.05) is 0 Å². The van der Waals surface area contributed by atoms with Gasteiger partial charge in [-0.1, -0.05) is 6.92 Å². The second kappa shape index (κ2) is 7.85. The van der Waals surface area contributed by atoms with Crippen LogP contribution in [0.25, 0.3) is 0 Å². The number of hydrogen-bond donors (Lipinski definition) is 0. The summed E-state index contributed by atoms with van der Waals surface area (Å²) in [6, 6.07) is 0. The summed E-state index contributed by atoms with van der Waals surface area (Å²) in [6.45, 7) is 2.02. The lowest BCUT2D eigenvalue weighted by molar-refractivity contribution is -0.247. The molecule has 9 unspecified atom stereocenters. The molecule has 1 rings (SSSR count). The summed E-state index contributed by atoms with van der Waals surface area (Å²) >= 11 is 0. The second-order valence-electron chi connectivity index (χ2n) is 3.39. The van der Waals surface area contributed by atoms with E-state index in [-0.39, 0.29) is 24.4 Å². The predicted octanol–water partition coefficient (Wildman–Crippen LogP) is 1.45. The highest BCUT2D eigenvalue weighted by Crippen LogP contribution is 2.33. The van der Waals surface area contributed by atoms with Gasteiger partial charge in [-0.15, -0.1) is 0 Å². The maximum atomic E-state index is 5.71. The van der Waals surface area contributed by atoms with Gasteiger partial charge in [0, 0.05) is 37.9 Å². The Bertz CT molecular complexity index is 191. The normalized spacial score (nSPS) is 39.9. The maximum absolute atomic E-state index is 5.71. The molecule has 1 saturated heterocycles. The third-order valence-corrected chi connectivity index (χ3v) is 3.81. The largest absolute Gasteiger partial charge is 0.357 e. The van der Waals surface area contributed by atoms with E-state index in [0.717, 1.165) is 6.42 Å². The van der Waals surface area contributed by atoms with Gasteiger partial charge in [0.05, 0.1) is 6.10 Å². The number of ether oxygens (including phenoxy) is 1. The zero-order chi connectivity index (χ0) is 12.1. The lowest BCUT2D eigenvalue weighted by atomic mass is 9.97. The lowest BCUT2D eigenvalue weighted by Crippen LogP contribution is -2.58. The molecule has 1 aliphatic rings.